The van der Waals surface area contributed by atoms with Crippen LogP contribution >= 0.6 is 11.6 Å². The molecule has 0 aliphatic carbocycles. The van der Waals surface area contributed by atoms with Crippen LogP contribution in [0.3, 0.4) is 0 Å². The predicted octanol–water partition coefficient (Wildman–Crippen LogP) is 2.07. The van der Waals surface area contributed by atoms with Gasteiger partial charge >= 0.3 is 0 Å². The first-order chi connectivity index (χ1) is 6.74. The fourth-order valence-corrected chi connectivity index (χ4v) is 1.70. The molecule has 0 bridgehead atoms. The lowest BCUT2D eigenvalue weighted by Gasteiger charge is -2.06. The van der Waals surface area contributed by atoms with Crippen LogP contribution in [0.15, 0.2) is 29.2 Å². The van der Waals surface area contributed by atoms with E-state index in [0.717, 1.165) is 5.52 Å². The Morgan fingerprint density at radius 3 is 3.00 bits per heavy atom. The molecule has 1 heterocycles. The van der Waals surface area contributed by atoms with E-state index in [0.29, 0.717) is 17.1 Å². The lowest BCUT2D eigenvalue weighted by Crippen LogP contribution is -2.19. The first-order valence-electron chi connectivity index (χ1n) is 4.38. The molecule has 14 heavy (non-hydrogen) atoms. The summed E-state index contributed by atoms with van der Waals surface area (Å²) < 4.78 is 1.65. The summed E-state index contributed by atoms with van der Waals surface area (Å²) in [6, 6.07) is 5.43. The summed E-state index contributed by atoms with van der Waals surface area (Å²) in [6.45, 7) is 2.54. The molecular formula is C10H9ClN2O. The molecule has 0 aliphatic heterocycles. The second kappa shape index (κ2) is 3.42. The van der Waals surface area contributed by atoms with Crippen LogP contribution in [0.5, 0.6) is 0 Å². The van der Waals surface area contributed by atoms with E-state index in [1.165, 1.54) is 6.20 Å². The maximum atomic E-state index is 11.4. The number of aryl methyl sites for hydroxylation is 1. The highest BCUT2D eigenvalue weighted by Crippen LogP contribution is 2.19. The van der Waals surface area contributed by atoms with Gasteiger partial charge in [-0.15, -0.1) is 0 Å². The van der Waals surface area contributed by atoms with Crippen molar-refractivity contribution < 1.29 is 0 Å². The molecule has 0 unspecified atom stereocenters. The molecule has 2 aromatic rings. The summed E-state index contributed by atoms with van der Waals surface area (Å²) in [5.41, 5.74) is 1.37. The van der Waals surface area contributed by atoms with E-state index in [9.17, 15) is 4.79 Å². The average Bonchev–Trinajstić information content (AvgIpc) is 2.18. The van der Waals surface area contributed by atoms with Gasteiger partial charge in [0.15, 0.2) is 0 Å². The normalized spacial score (nSPS) is 10.7. The minimum absolute atomic E-state index is 0.0951. The molecule has 4 heteroatoms. The first kappa shape index (κ1) is 9.21. The Morgan fingerprint density at radius 2 is 2.29 bits per heavy atom. The van der Waals surface area contributed by atoms with E-state index in [2.05, 4.69) is 4.98 Å². The summed E-state index contributed by atoms with van der Waals surface area (Å²) >= 11 is 5.96. The molecule has 0 saturated carbocycles. The third-order valence-electron chi connectivity index (χ3n) is 2.14. The van der Waals surface area contributed by atoms with Crippen LogP contribution in [0.2, 0.25) is 5.02 Å². The Morgan fingerprint density at radius 1 is 1.50 bits per heavy atom. The van der Waals surface area contributed by atoms with Gasteiger partial charge in [-0.1, -0.05) is 17.7 Å². The Hall–Kier alpha value is -1.35. The van der Waals surface area contributed by atoms with E-state index >= 15 is 0 Å². The number of rotatable bonds is 1. The van der Waals surface area contributed by atoms with Gasteiger partial charge in [-0.3, -0.25) is 4.79 Å². The first-order valence-corrected chi connectivity index (χ1v) is 4.76. The summed E-state index contributed by atoms with van der Waals surface area (Å²) in [5, 5.41) is 0.574. The highest BCUT2D eigenvalue weighted by Gasteiger charge is 2.04. The molecule has 0 atom stereocenters. The third kappa shape index (κ3) is 1.30. The average molecular weight is 209 g/mol. The van der Waals surface area contributed by atoms with E-state index in [4.69, 9.17) is 11.6 Å². The Labute approximate surface area is 86.0 Å². The SMILES string of the molecule is CCn1c(=O)cnc2c(Cl)cccc21. The topological polar surface area (TPSA) is 34.9 Å². The zero-order chi connectivity index (χ0) is 10.1. The van der Waals surface area contributed by atoms with Gasteiger partial charge in [-0.2, -0.15) is 0 Å². The van der Waals surface area contributed by atoms with Crippen LogP contribution < -0.4 is 5.56 Å². The van der Waals surface area contributed by atoms with Gasteiger partial charge in [-0.25, -0.2) is 4.98 Å². The van der Waals surface area contributed by atoms with Crippen LogP contribution in [0.25, 0.3) is 11.0 Å². The molecule has 0 aliphatic rings. The van der Waals surface area contributed by atoms with E-state index in [-0.39, 0.29) is 5.56 Å². The molecule has 72 valence electrons. The van der Waals surface area contributed by atoms with E-state index < -0.39 is 0 Å². The number of para-hydroxylation sites is 1. The summed E-state index contributed by atoms with van der Waals surface area (Å²) in [6.07, 6.45) is 1.30. The smallest absolute Gasteiger partial charge is 0.269 e. The van der Waals surface area contributed by atoms with Crippen molar-refractivity contribution in [3.05, 3.63) is 39.8 Å². The van der Waals surface area contributed by atoms with Gasteiger partial charge in [0.25, 0.3) is 5.56 Å². The van der Waals surface area contributed by atoms with Crippen LogP contribution in [0, 0.1) is 0 Å². The number of hydrogen-bond donors (Lipinski definition) is 0. The van der Waals surface area contributed by atoms with Crippen molar-refractivity contribution in [1.29, 1.82) is 0 Å². The van der Waals surface area contributed by atoms with Crippen molar-refractivity contribution in [2.45, 2.75) is 13.5 Å². The highest BCUT2D eigenvalue weighted by atomic mass is 35.5. The lowest BCUT2D eigenvalue weighted by atomic mass is 10.3. The van der Waals surface area contributed by atoms with E-state index in [1.54, 1.807) is 10.6 Å². The molecule has 0 fully saturated rings. The Balaban J connectivity index is 2.95. The van der Waals surface area contributed by atoms with Gasteiger partial charge in [-0.05, 0) is 19.1 Å². The monoisotopic (exact) mass is 208 g/mol. The second-order valence-electron chi connectivity index (χ2n) is 2.95. The number of hydrogen-bond acceptors (Lipinski definition) is 2. The van der Waals surface area contributed by atoms with Crippen LogP contribution in [0.1, 0.15) is 6.92 Å². The minimum Gasteiger partial charge on any atom is -0.306 e. The summed E-state index contributed by atoms with van der Waals surface area (Å²) in [5.74, 6) is 0. The van der Waals surface area contributed by atoms with Gasteiger partial charge in [0.1, 0.15) is 5.52 Å². The number of fused-ring (bicyclic) bond motifs is 1. The summed E-state index contributed by atoms with van der Waals surface area (Å²) in [4.78, 5) is 15.5. The molecule has 0 radical (unpaired) electrons. The van der Waals surface area contributed by atoms with Gasteiger partial charge in [0.05, 0.1) is 16.7 Å². The third-order valence-corrected chi connectivity index (χ3v) is 2.45. The van der Waals surface area contributed by atoms with Crippen molar-refractivity contribution in [3.8, 4) is 0 Å². The number of halogens is 1. The molecule has 0 spiro atoms. The van der Waals surface area contributed by atoms with Crippen molar-refractivity contribution in [3.63, 3.8) is 0 Å². The van der Waals surface area contributed by atoms with Crippen LogP contribution in [-0.2, 0) is 6.54 Å². The van der Waals surface area contributed by atoms with Gasteiger partial charge in [0, 0.05) is 6.54 Å². The van der Waals surface area contributed by atoms with Gasteiger partial charge < -0.3 is 4.57 Å². The molecule has 0 amide bonds. The second-order valence-corrected chi connectivity index (χ2v) is 3.36. The fraction of sp³-hybridized carbons (Fsp3) is 0.200. The van der Waals surface area contributed by atoms with Gasteiger partial charge in [0.2, 0.25) is 0 Å². The largest absolute Gasteiger partial charge is 0.306 e. The van der Waals surface area contributed by atoms with Crippen molar-refractivity contribution >= 4 is 22.6 Å². The zero-order valence-corrected chi connectivity index (χ0v) is 8.45. The Kier molecular flexibility index (Phi) is 2.25. The van der Waals surface area contributed by atoms with Crippen LogP contribution in [-0.4, -0.2) is 9.55 Å². The zero-order valence-electron chi connectivity index (χ0n) is 7.70. The fourth-order valence-electron chi connectivity index (χ4n) is 1.48. The molecule has 0 N–H and O–H groups in total. The number of benzene rings is 1. The predicted molar refractivity (Wildman–Crippen MR) is 56.7 cm³/mol. The number of nitrogens with zero attached hydrogens (tertiary/aromatic N) is 2. The van der Waals surface area contributed by atoms with Crippen LogP contribution in [0.4, 0.5) is 0 Å². The summed E-state index contributed by atoms with van der Waals surface area (Å²) in [7, 11) is 0. The maximum absolute atomic E-state index is 11.4. The maximum Gasteiger partial charge on any atom is 0.269 e. The molecule has 1 aromatic heterocycles. The molecule has 2 rings (SSSR count). The lowest BCUT2D eigenvalue weighted by molar-refractivity contribution is 0.753. The van der Waals surface area contributed by atoms with Crippen molar-refractivity contribution in [1.82, 2.24) is 9.55 Å². The minimum atomic E-state index is -0.0951. The standard InChI is InChI=1S/C10H9ClN2O/c1-2-13-8-5-3-4-7(11)10(8)12-6-9(13)14/h3-6H,2H2,1H3. The molecule has 0 saturated heterocycles. The quantitative estimate of drug-likeness (QED) is 0.719. The van der Waals surface area contributed by atoms with E-state index in [1.807, 2.05) is 19.1 Å². The highest BCUT2D eigenvalue weighted by molar-refractivity contribution is 6.34. The molecular weight excluding hydrogens is 200 g/mol. The van der Waals surface area contributed by atoms with Crippen molar-refractivity contribution in [2.24, 2.45) is 0 Å². The van der Waals surface area contributed by atoms with Crippen molar-refractivity contribution in [2.75, 3.05) is 0 Å². The Bertz CT molecular complexity index is 533. The number of aromatic nitrogens is 2. The molecule has 1 aromatic carbocycles. The molecule has 3 nitrogen and oxygen atoms in total.